The van der Waals surface area contributed by atoms with Gasteiger partial charge in [0.15, 0.2) is 23.3 Å². The van der Waals surface area contributed by atoms with Crippen LogP contribution >= 0.6 is 45.3 Å². The number of hydrogen-bond acceptors (Lipinski definition) is 24. The molecular formula is C110H110N14O10S4. The number of allylic oxidation sites excluding steroid dienone is 2. The Bertz CT molecular complexity index is 6900. The van der Waals surface area contributed by atoms with Crippen LogP contribution in [0.1, 0.15) is 118 Å². The van der Waals surface area contributed by atoms with E-state index in [2.05, 4.69) is 169 Å². The number of aromatic nitrogens is 8. The normalized spacial score (nSPS) is 10.8. The van der Waals surface area contributed by atoms with Crippen LogP contribution in [0, 0.1) is 13.8 Å². The van der Waals surface area contributed by atoms with Crippen LogP contribution in [0.2, 0.25) is 0 Å². The first kappa shape index (κ1) is 100. The smallest absolute Gasteiger partial charge is 0.335 e. The van der Waals surface area contributed by atoms with Gasteiger partial charge in [-0.1, -0.05) is 88.4 Å². The quantitative estimate of drug-likeness (QED) is 0.0169. The second-order valence-corrected chi connectivity index (χ2v) is 36.5. The summed E-state index contributed by atoms with van der Waals surface area (Å²) in [5.74, 6) is 3.78. The number of benzene rings is 8. The Morgan fingerprint density at radius 1 is 0.326 bits per heavy atom. The van der Waals surface area contributed by atoms with Gasteiger partial charge in [-0.05, 0) is 294 Å². The Kier molecular flexibility index (Phi) is 34.6. The van der Waals surface area contributed by atoms with E-state index in [1.54, 1.807) is 93.9 Å². The molecule has 0 aliphatic carbocycles. The van der Waals surface area contributed by atoms with Gasteiger partial charge in [0, 0.05) is 127 Å². The van der Waals surface area contributed by atoms with Crippen molar-refractivity contribution in [1.29, 1.82) is 0 Å². The van der Waals surface area contributed by atoms with E-state index >= 15 is 0 Å². The molecule has 16 aromatic rings. The number of nitrogens with zero attached hydrogens (tertiary/aromatic N) is 10. The molecule has 0 radical (unpaired) electrons. The number of nitrogens with one attached hydrogen (secondary N) is 4. The molecule has 138 heavy (non-hydrogen) atoms. The van der Waals surface area contributed by atoms with E-state index in [0.29, 0.717) is 61.0 Å². The average molecular weight is 1920 g/mol. The van der Waals surface area contributed by atoms with Crippen molar-refractivity contribution in [3.05, 3.63) is 335 Å². The summed E-state index contributed by atoms with van der Waals surface area (Å²) in [4.78, 5) is 95.8. The van der Waals surface area contributed by atoms with Gasteiger partial charge in [0.1, 0.15) is 34.8 Å². The summed E-state index contributed by atoms with van der Waals surface area (Å²) in [6.07, 6.45) is 8.11. The fourth-order valence-electron chi connectivity index (χ4n) is 15.0. The zero-order valence-corrected chi connectivity index (χ0v) is 82.3. The van der Waals surface area contributed by atoms with Crippen molar-refractivity contribution in [2.45, 2.75) is 107 Å². The second kappa shape index (κ2) is 47.7. The second-order valence-electron chi connectivity index (χ2n) is 32.2. The van der Waals surface area contributed by atoms with Crippen molar-refractivity contribution in [3.63, 3.8) is 0 Å². The van der Waals surface area contributed by atoms with Crippen LogP contribution in [-0.2, 0) is 61.0 Å². The number of aliphatic carboxylic acids is 2. The molecule has 24 nitrogen and oxygen atoms in total. The number of aryl methyl sites for hydroxylation is 4. The lowest BCUT2D eigenvalue weighted by Crippen LogP contribution is -2.07. The number of anilines is 10. The number of ether oxygens (including phenoxy) is 2. The number of carboxylic acids is 4. The third kappa shape index (κ3) is 26.2. The van der Waals surface area contributed by atoms with Gasteiger partial charge < -0.3 is 61.0 Å². The summed E-state index contributed by atoms with van der Waals surface area (Å²) in [7, 11) is 8.15. The SMILES string of the molecule is C=CCc1c(C)nc(-c2ccc(-c3ccc(OCC)cc3)s2)nc1Nc1ccc(C(=O)O)cc1.C=CCc1c(CC)nc(-c2ccc(-c3ccc(OCC)cc3)s2)nc1Nc1ccc(C(=O)O)cc1.CCc1c(C)nc(-c2ccc(-c3ccc(N(C)C)cc3)s2)nc1Nc1ccc(CC(=O)O)cc1.CCc1nc(-c2ccc(-c3ccc(N(C)C)cc3)s2)nc(Nc2ccc(CC(=O)O)cc2)c1CC. The molecule has 0 atom stereocenters. The number of hydrogen-bond donors (Lipinski definition) is 8. The summed E-state index contributed by atoms with van der Waals surface area (Å²) in [5, 5.41) is 49.9. The third-order valence-corrected chi connectivity index (χ3v) is 26.7. The number of aromatic carboxylic acids is 2. The predicted molar refractivity (Wildman–Crippen MR) is 564 cm³/mol. The summed E-state index contributed by atoms with van der Waals surface area (Å²) >= 11 is 6.63. The topological polar surface area (TPSA) is 325 Å². The van der Waals surface area contributed by atoms with Gasteiger partial charge in [-0.3, -0.25) is 9.59 Å². The summed E-state index contributed by atoms with van der Waals surface area (Å²) in [6, 6.07) is 77.9. The van der Waals surface area contributed by atoms with Gasteiger partial charge in [0.25, 0.3) is 0 Å². The molecule has 8 aromatic carbocycles. The Morgan fingerprint density at radius 3 is 0.899 bits per heavy atom. The molecule has 0 saturated carbocycles. The van der Waals surface area contributed by atoms with Gasteiger partial charge in [-0.15, -0.1) is 58.5 Å². The van der Waals surface area contributed by atoms with Crippen LogP contribution in [0.4, 0.5) is 57.4 Å². The maximum absolute atomic E-state index is 11.2. The number of thiophene rings is 4. The summed E-state index contributed by atoms with van der Waals surface area (Å²) in [5.41, 5.74) is 20.0. The number of carboxylic acid groups (broad SMARTS) is 4. The lowest BCUT2D eigenvalue weighted by molar-refractivity contribution is -0.137. The summed E-state index contributed by atoms with van der Waals surface area (Å²) < 4.78 is 11.1. The van der Waals surface area contributed by atoms with Crippen LogP contribution in [0.25, 0.3) is 84.6 Å². The molecule has 0 aliphatic rings. The van der Waals surface area contributed by atoms with E-state index in [1.165, 1.54) is 32.3 Å². The molecule has 16 rings (SSSR count). The minimum Gasteiger partial charge on any atom is -0.494 e. The molecule has 0 saturated heterocycles. The monoisotopic (exact) mass is 1910 g/mol. The fraction of sp³-hybridized carbons (Fsp3) is 0.200. The first-order chi connectivity index (χ1) is 66.7. The molecule has 0 spiro atoms. The Morgan fingerprint density at radius 2 is 0.601 bits per heavy atom. The maximum Gasteiger partial charge on any atom is 0.335 e. The lowest BCUT2D eigenvalue weighted by atomic mass is 10.1. The highest BCUT2D eigenvalue weighted by Gasteiger charge is 2.23. The highest BCUT2D eigenvalue weighted by molar-refractivity contribution is 7.19. The first-order valence-electron chi connectivity index (χ1n) is 45.3. The largest absolute Gasteiger partial charge is 0.494 e. The average Bonchev–Trinajstić information content (AvgIpc) is 1.50. The van der Waals surface area contributed by atoms with E-state index in [4.69, 9.17) is 64.7 Å². The summed E-state index contributed by atoms with van der Waals surface area (Å²) in [6.45, 7) is 25.3. The molecule has 8 aromatic heterocycles. The van der Waals surface area contributed by atoms with Gasteiger partial charge in [0.05, 0.1) is 56.7 Å². The number of rotatable bonds is 36. The maximum atomic E-state index is 11.2. The first-order valence-corrected chi connectivity index (χ1v) is 48.5. The molecule has 8 heterocycles. The molecule has 8 N–H and O–H groups in total. The van der Waals surface area contributed by atoms with Crippen molar-refractivity contribution in [2.24, 2.45) is 0 Å². The predicted octanol–water partition coefficient (Wildman–Crippen LogP) is 26.4. The van der Waals surface area contributed by atoms with Crippen molar-refractivity contribution < 1.29 is 49.1 Å². The number of carbonyl (C=O) groups is 4. The Labute approximate surface area is 820 Å². The zero-order valence-electron chi connectivity index (χ0n) is 79.1. The fourth-order valence-corrected chi connectivity index (χ4v) is 18.8. The molecular weight excluding hydrogens is 1810 g/mol. The molecule has 704 valence electrons. The van der Waals surface area contributed by atoms with Crippen molar-refractivity contribution >= 4 is 127 Å². The Hall–Kier alpha value is -15.4. The van der Waals surface area contributed by atoms with E-state index in [-0.39, 0.29) is 24.0 Å². The van der Waals surface area contributed by atoms with Gasteiger partial charge >= 0.3 is 23.9 Å². The van der Waals surface area contributed by atoms with Gasteiger partial charge in [-0.2, -0.15) is 0 Å². The molecule has 0 unspecified atom stereocenters. The van der Waals surface area contributed by atoms with Gasteiger partial charge in [0.2, 0.25) is 0 Å². The highest BCUT2D eigenvalue weighted by atomic mass is 32.1. The van der Waals surface area contributed by atoms with Crippen LogP contribution in [0.5, 0.6) is 11.5 Å². The van der Waals surface area contributed by atoms with Crippen LogP contribution in [0.3, 0.4) is 0 Å². The highest BCUT2D eigenvalue weighted by Crippen LogP contribution is 2.42. The molecule has 28 heteroatoms. The zero-order chi connectivity index (χ0) is 98.1. The van der Waals surface area contributed by atoms with E-state index in [9.17, 15) is 24.3 Å². The molecule has 0 aliphatic heterocycles. The molecule has 0 fully saturated rings. The van der Waals surface area contributed by atoms with Crippen molar-refractivity contribution in [3.8, 4) is 96.1 Å². The Balaban J connectivity index is 0.000000155. The minimum absolute atomic E-state index is 0.00976. The van der Waals surface area contributed by atoms with E-state index in [1.807, 2.05) is 165 Å². The van der Waals surface area contributed by atoms with Crippen molar-refractivity contribution in [2.75, 3.05) is 72.5 Å². The molecule has 0 bridgehead atoms. The lowest BCUT2D eigenvalue weighted by Gasteiger charge is -2.15. The minimum atomic E-state index is -0.958. The van der Waals surface area contributed by atoms with E-state index < -0.39 is 23.9 Å². The van der Waals surface area contributed by atoms with Crippen LogP contribution in [-0.4, -0.2) is 126 Å². The third-order valence-electron chi connectivity index (χ3n) is 22.2. The molecule has 0 amide bonds. The van der Waals surface area contributed by atoms with Crippen LogP contribution < -0.4 is 40.5 Å². The van der Waals surface area contributed by atoms with Crippen LogP contribution in [0.15, 0.2) is 268 Å². The van der Waals surface area contributed by atoms with Gasteiger partial charge in [-0.25, -0.2) is 49.5 Å². The van der Waals surface area contributed by atoms with E-state index in [0.717, 1.165) is 168 Å². The standard InChI is InChI=1S/C28H30N4O2S.C28H27N3O3S.C27H28N4O2S.C27H25N3O3S/c1-5-22-23(6-2)30-28(31-27(22)29-20-11-7-18(8-12-20)17-26(33)34)25-16-15-24(35-25)19-9-13-21(14-10-19)32(3)4;1-4-7-22-23(5-2)30-27(31-26(22)29-20-12-8-19(9-13-20)28(32)33)25-17-16-24(35-25)18-10-14-21(15-11-18)34-6-3;1-5-22-17(2)28-27(30-26(22)29-20-10-6-18(7-11-20)16-25(32)33)24-15-14-23(34-24)19-8-12-21(13-9-19)31(3)4;1-4-6-22-17(3)28-26(30-25(22)29-20-11-7-19(8-12-20)27(31)32)24-16-15-23(34-24)18-9-13-21(14-10-18)33-5-2/h7-16H,5-6,17H2,1-4H3,(H,33,34)(H,29,30,31);4,8-17H,1,5-7H2,2-3H3,(H,32,33)(H,29,30,31);6-15H,5,16H2,1-4H3,(H,32,33)(H,28,29,30);4,7-16H,1,5-6H2,2-3H3,(H,31,32)(H,28,29,30). The van der Waals surface area contributed by atoms with Crippen molar-refractivity contribution in [1.82, 2.24) is 39.9 Å².